The van der Waals surface area contributed by atoms with Gasteiger partial charge in [-0.1, -0.05) is 17.7 Å². The van der Waals surface area contributed by atoms with Gasteiger partial charge in [-0.3, -0.25) is 0 Å². The van der Waals surface area contributed by atoms with Crippen molar-refractivity contribution in [2.24, 2.45) is 0 Å². The van der Waals surface area contributed by atoms with Gasteiger partial charge in [0.25, 0.3) is 0 Å². The number of aromatic carboxylic acids is 1. The van der Waals surface area contributed by atoms with Crippen molar-refractivity contribution in [2.75, 3.05) is 0 Å². The van der Waals surface area contributed by atoms with Gasteiger partial charge < -0.3 is 9.84 Å². The first-order valence-corrected chi connectivity index (χ1v) is 6.23. The average Bonchev–Trinajstić information content (AvgIpc) is 2.37. The number of carbonyl (C=O) groups is 1. The van der Waals surface area contributed by atoms with Crippen LogP contribution in [0.2, 0.25) is 0 Å². The van der Waals surface area contributed by atoms with Crippen molar-refractivity contribution < 1.29 is 14.6 Å². The van der Waals surface area contributed by atoms with E-state index in [1.807, 2.05) is 32.0 Å². The zero-order valence-corrected chi connectivity index (χ0v) is 11.7. The summed E-state index contributed by atoms with van der Waals surface area (Å²) in [6.45, 7) is 5.85. The summed E-state index contributed by atoms with van der Waals surface area (Å²) in [4.78, 5) is 19.0. The Labute approximate surface area is 117 Å². The van der Waals surface area contributed by atoms with Crippen molar-refractivity contribution in [3.63, 3.8) is 0 Å². The Morgan fingerprint density at radius 1 is 1.30 bits per heavy atom. The second kappa shape index (κ2) is 5.69. The Morgan fingerprint density at radius 3 is 2.65 bits per heavy atom. The quantitative estimate of drug-likeness (QED) is 0.926. The number of aryl methyl sites for hydroxylation is 3. The average molecular weight is 272 g/mol. The molecule has 2 aromatic rings. The fraction of sp³-hybridized carbons (Fsp3) is 0.267. The molecule has 5 heteroatoms. The van der Waals surface area contributed by atoms with E-state index in [2.05, 4.69) is 9.97 Å². The van der Waals surface area contributed by atoms with Crippen LogP contribution in [0.25, 0.3) is 0 Å². The monoisotopic (exact) mass is 272 g/mol. The molecule has 0 radical (unpaired) electrons. The number of rotatable bonds is 4. The van der Waals surface area contributed by atoms with Gasteiger partial charge in [0, 0.05) is 6.20 Å². The first kappa shape index (κ1) is 14.0. The summed E-state index contributed by atoms with van der Waals surface area (Å²) in [7, 11) is 0. The number of benzene rings is 1. The third-order valence-electron chi connectivity index (χ3n) is 2.95. The smallest absolute Gasteiger partial charge is 0.339 e. The minimum absolute atomic E-state index is 0.111. The van der Waals surface area contributed by atoms with Crippen LogP contribution in [0, 0.1) is 20.8 Å². The maximum Gasteiger partial charge on any atom is 0.339 e. The highest BCUT2D eigenvalue weighted by atomic mass is 16.5. The van der Waals surface area contributed by atoms with Crippen molar-refractivity contribution >= 4 is 5.97 Å². The standard InChI is InChI=1S/C15H16N2O3/c1-9-4-5-13(10(2)6-9)20-8-14-16-7-12(15(18)19)11(3)17-14/h4-7H,8H2,1-3H3,(H,18,19). The van der Waals surface area contributed by atoms with Crippen LogP contribution in [-0.4, -0.2) is 21.0 Å². The molecule has 0 bridgehead atoms. The lowest BCUT2D eigenvalue weighted by atomic mass is 10.1. The van der Waals surface area contributed by atoms with Gasteiger partial charge in [-0.2, -0.15) is 0 Å². The lowest BCUT2D eigenvalue weighted by Gasteiger charge is -2.09. The van der Waals surface area contributed by atoms with E-state index in [0.29, 0.717) is 11.5 Å². The minimum atomic E-state index is -1.02. The Hall–Kier alpha value is -2.43. The molecule has 0 spiro atoms. The van der Waals surface area contributed by atoms with Gasteiger partial charge in [-0.15, -0.1) is 0 Å². The summed E-state index contributed by atoms with van der Waals surface area (Å²) in [5.74, 6) is 0.219. The lowest BCUT2D eigenvalue weighted by molar-refractivity contribution is 0.0695. The van der Waals surface area contributed by atoms with Crippen LogP contribution in [-0.2, 0) is 6.61 Å². The summed E-state index contributed by atoms with van der Waals surface area (Å²) in [5.41, 5.74) is 2.77. The maximum absolute atomic E-state index is 10.9. The second-order valence-electron chi connectivity index (χ2n) is 4.65. The number of aromatic nitrogens is 2. The Kier molecular flexibility index (Phi) is 3.98. The number of nitrogens with zero attached hydrogens (tertiary/aromatic N) is 2. The van der Waals surface area contributed by atoms with Gasteiger partial charge in [-0.25, -0.2) is 14.8 Å². The van der Waals surface area contributed by atoms with Crippen molar-refractivity contribution in [3.05, 3.63) is 52.6 Å². The molecule has 20 heavy (non-hydrogen) atoms. The predicted molar refractivity (Wildman–Crippen MR) is 74.0 cm³/mol. The molecule has 0 aliphatic heterocycles. The Morgan fingerprint density at radius 2 is 2.05 bits per heavy atom. The van der Waals surface area contributed by atoms with Gasteiger partial charge in [0.2, 0.25) is 0 Å². The molecular formula is C15H16N2O3. The van der Waals surface area contributed by atoms with Crippen LogP contribution in [0.5, 0.6) is 5.75 Å². The zero-order chi connectivity index (χ0) is 14.7. The Balaban J connectivity index is 2.11. The number of ether oxygens (including phenoxy) is 1. The van der Waals surface area contributed by atoms with Crippen molar-refractivity contribution in [1.29, 1.82) is 0 Å². The van der Waals surface area contributed by atoms with E-state index in [0.717, 1.165) is 11.3 Å². The van der Waals surface area contributed by atoms with Crippen LogP contribution < -0.4 is 4.74 Å². The van der Waals surface area contributed by atoms with Gasteiger partial charge >= 0.3 is 5.97 Å². The molecule has 0 saturated carbocycles. The second-order valence-corrected chi connectivity index (χ2v) is 4.65. The maximum atomic E-state index is 10.9. The summed E-state index contributed by atoms with van der Waals surface area (Å²) in [5, 5.41) is 8.92. The number of carboxylic acids is 1. The molecule has 0 saturated heterocycles. The van der Waals surface area contributed by atoms with E-state index >= 15 is 0 Å². The fourth-order valence-electron chi connectivity index (χ4n) is 1.90. The van der Waals surface area contributed by atoms with Gasteiger partial charge in [0.15, 0.2) is 5.82 Å². The molecule has 0 aliphatic carbocycles. The molecule has 104 valence electrons. The molecule has 5 nitrogen and oxygen atoms in total. The third kappa shape index (κ3) is 3.12. The van der Waals surface area contributed by atoms with Gasteiger partial charge in [0.1, 0.15) is 12.4 Å². The van der Waals surface area contributed by atoms with Gasteiger partial charge in [-0.05, 0) is 32.4 Å². The Bertz CT molecular complexity index is 654. The van der Waals surface area contributed by atoms with E-state index in [1.165, 1.54) is 11.8 Å². The molecular weight excluding hydrogens is 256 g/mol. The summed E-state index contributed by atoms with van der Waals surface area (Å²) < 4.78 is 5.66. The first-order chi connectivity index (χ1) is 9.47. The van der Waals surface area contributed by atoms with Crippen molar-refractivity contribution in [2.45, 2.75) is 27.4 Å². The highest BCUT2D eigenvalue weighted by Crippen LogP contribution is 2.19. The molecule has 0 aliphatic rings. The summed E-state index contributed by atoms with van der Waals surface area (Å²) in [6, 6.07) is 5.92. The lowest BCUT2D eigenvalue weighted by Crippen LogP contribution is -2.08. The number of hydrogen-bond donors (Lipinski definition) is 1. The molecule has 0 unspecified atom stereocenters. The third-order valence-corrected chi connectivity index (χ3v) is 2.95. The van der Waals surface area contributed by atoms with E-state index in [1.54, 1.807) is 6.92 Å². The number of hydrogen-bond acceptors (Lipinski definition) is 4. The van der Waals surface area contributed by atoms with Crippen molar-refractivity contribution in [3.8, 4) is 5.75 Å². The van der Waals surface area contributed by atoms with Crippen molar-refractivity contribution in [1.82, 2.24) is 9.97 Å². The van der Waals surface area contributed by atoms with E-state index in [9.17, 15) is 4.79 Å². The van der Waals surface area contributed by atoms with E-state index in [-0.39, 0.29) is 12.2 Å². The van der Waals surface area contributed by atoms with E-state index in [4.69, 9.17) is 9.84 Å². The zero-order valence-electron chi connectivity index (χ0n) is 11.7. The van der Waals surface area contributed by atoms with Crippen LogP contribution >= 0.6 is 0 Å². The highest BCUT2D eigenvalue weighted by Gasteiger charge is 2.10. The molecule has 0 amide bonds. The minimum Gasteiger partial charge on any atom is -0.485 e. The predicted octanol–water partition coefficient (Wildman–Crippen LogP) is 2.68. The molecule has 0 atom stereocenters. The summed E-state index contributed by atoms with van der Waals surface area (Å²) >= 11 is 0. The normalized spacial score (nSPS) is 10.3. The number of carboxylic acid groups (broad SMARTS) is 1. The molecule has 1 N–H and O–H groups in total. The molecule has 0 fully saturated rings. The van der Waals surface area contributed by atoms with Crippen LogP contribution in [0.15, 0.2) is 24.4 Å². The van der Waals surface area contributed by atoms with Crippen LogP contribution in [0.4, 0.5) is 0 Å². The van der Waals surface area contributed by atoms with Gasteiger partial charge in [0.05, 0.1) is 11.3 Å². The van der Waals surface area contributed by atoms with Crippen LogP contribution in [0.3, 0.4) is 0 Å². The van der Waals surface area contributed by atoms with E-state index < -0.39 is 5.97 Å². The molecule has 2 rings (SSSR count). The molecule has 1 aromatic heterocycles. The highest BCUT2D eigenvalue weighted by molar-refractivity contribution is 5.88. The summed E-state index contributed by atoms with van der Waals surface area (Å²) in [6.07, 6.45) is 1.31. The fourth-order valence-corrected chi connectivity index (χ4v) is 1.90. The largest absolute Gasteiger partial charge is 0.485 e. The topological polar surface area (TPSA) is 72.3 Å². The molecule has 1 heterocycles. The van der Waals surface area contributed by atoms with Crippen LogP contribution in [0.1, 0.15) is 33.0 Å². The SMILES string of the molecule is Cc1ccc(OCc2ncc(C(=O)O)c(C)n2)c(C)c1. The molecule has 1 aromatic carbocycles. The first-order valence-electron chi connectivity index (χ1n) is 6.23.